The summed E-state index contributed by atoms with van der Waals surface area (Å²) in [7, 11) is 0. The first-order valence-corrected chi connectivity index (χ1v) is 2.83. The summed E-state index contributed by atoms with van der Waals surface area (Å²) in [6, 6.07) is 1.52. The van der Waals surface area contributed by atoms with Crippen LogP contribution in [0.5, 0.6) is 0 Å². The van der Waals surface area contributed by atoms with Crippen LogP contribution in [0.15, 0.2) is 17.0 Å². The Balaban J connectivity index is -0.0000000667. The molecule has 0 aliphatic rings. The fourth-order valence-corrected chi connectivity index (χ4v) is 0.739. The molecule has 15 heavy (non-hydrogen) atoms. The monoisotopic (exact) mass is 279 g/mol. The Hall–Kier alpha value is -0.760. The molecule has 93 valence electrons. The minimum Gasteiger partial charge on any atom is -0.269 e. The van der Waals surface area contributed by atoms with Crippen molar-refractivity contribution in [2.24, 2.45) is 0 Å². The standard InChI is InChI=1S/C6H2F3S.ClH.4FH/c7-4-1-3(10)2-5(8)6(4)9;;;;;/h1-2H;5*1H. The van der Waals surface area contributed by atoms with E-state index in [0.29, 0.717) is 0 Å². The lowest BCUT2D eigenvalue weighted by molar-refractivity contribution is 0.443. The van der Waals surface area contributed by atoms with Gasteiger partial charge < -0.3 is 0 Å². The molecule has 1 aromatic carbocycles. The van der Waals surface area contributed by atoms with Gasteiger partial charge in [-0.15, -0.1) is 12.4 Å². The van der Waals surface area contributed by atoms with Crippen LogP contribution in [0.4, 0.5) is 32.0 Å². The number of halogens is 8. The van der Waals surface area contributed by atoms with Gasteiger partial charge in [0.05, 0.1) is 0 Å². The van der Waals surface area contributed by atoms with Crippen molar-refractivity contribution in [1.29, 1.82) is 0 Å². The number of hydrogen-bond donors (Lipinski definition) is 0. The molecule has 0 atom stereocenters. The first-order valence-electron chi connectivity index (χ1n) is 2.43. The molecular weight excluding hydrogens is 273 g/mol. The third-order valence-electron chi connectivity index (χ3n) is 0.957. The van der Waals surface area contributed by atoms with Gasteiger partial charge in [-0.25, -0.2) is 13.2 Å². The Bertz CT molecular complexity index is 247. The van der Waals surface area contributed by atoms with E-state index in [0.717, 1.165) is 12.1 Å². The summed E-state index contributed by atoms with van der Waals surface area (Å²) < 4.78 is 36.4. The van der Waals surface area contributed by atoms with Crippen LogP contribution in [-0.2, 0) is 0 Å². The highest BCUT2D eigenvalue weighted by molar-refractivity contribution is 7.80. The molecule has 9 heteroatoms. The molecule has 0 aromatic heterocycles. The van der Waals surface area contributed by atoms with E-state index in [-0.39, 0.29) is 36.1 Å². The fourth-order valence-electron chi connectivity index (χ4n) is 0.532. The van der Waals surface area contributed by atoms with Crippen molar-refractivity contribution in [3.8, 4) is 0 Å². The van der Waals surface area contributed by atoms with Crippen molar-refractivity contribution >= 4 is 25.0 Å². The van der Waals surface area contributed by atoms with Gasteiger partial charge in [-0.1, -0.05) is 12.6 Å². The first kappa shape index (κ1) is 29.2. The largest absolute Gasteiger partial charge is 0.269 e. The lowest BCUT2D eigenvalue weighted by Gasteiger charge is -1.93. The highest BCUT2D eigenvalue weighted by Gasteiger charge is 2.08. The van der Waals surface area contributed by atoms with Crippen LogP contribution in [0, 0.1) is 17.5 Å². The van der Waals surface area contributed by atoms with E-state index in [9.17, 15) is 13.2 Å². The van der Waals surface area contributed by atoms with Gasteiger partial charge in [0, 0.05) is 4.90 Å². The van der Waals surface area contributed by atoms with Crippen LogP contribution in [-0.4, -0.2) is 0 Å². The molecule has 0 unspecified atom stereocenters. The molecule has 0 nitrogen and oxygen atoms in total. The summed E-state index contributed by atoms with van der Waals surface area (Å²) in [6.07, 6.45) is 0. The summed E-state index contributed by atoms with van der Waals surface area (Å²) in [5, 5.41) is 0. The maximum absolute atomic E-state index is 12.2. The molecule has 0 bridgehead atoms. The first-order chi connectivity index (χ1) is 4.61. The molecule has 1 radical (unpaired) electrons. The molecule has 0 aliphatic heterocycles. The SMILES string of the molecule is Cl.F.F.F.F.Fc1cc([S])cc(F)c1F. The summed E-state index contributed by atoms with van der Waals surface area (Å²) in [5.41, 5.74) is 0. The maximum Gasteiger partial charge on any atom is 0.194 e. The predicted molar refractivity (Wildman–Crippen MR) is 49.4 cm³/mol. The molecule has 0 saturated heterocycles. The third-order valence-corrected chi connectivity index (χ3v) is 1.19. The number of benzene rings is 1. The molecule has 0 N–H and O–H groups in total. The Morgan fingerprint density at radius 3 is 1.33 bits per heavy atom. The Kier molecular flexibility index (Phi) is 22.1. The van der Waals surface area contributed by atoms with Crippen molar-refractivity contribution < 1.29 is 32.0 Å². The topological polar surface area (TPSA) is 0 Å². The lowest BCUT2D eigenvalue weighted by atomic mass is 10.3. The summed E-state index contributed by atoms with van der Waals surface area (Å²) in [6.45, 7) is 0. The van der Waals surface area contributed by atoms with E-state index >= 15 is 0 Å². The Morgan fingerprint density at radius 2 is 1.07 bits per heavy atom. The summed E-state index contributed by atoms with van der Waals surface area (Å²) >= 11 is 4.40. The Morgan fingerprint density at radius 1 is 0.800 bits per heavy atom. The molecule has 0 amide bonds. The van der Waals surface area contributed by atoms with Crippen LogP contribution >= 0.6 is 25.0 Å². The molecule has 0 spiro atoms. The van der Waals surface area contributed by atoms with Gasteiger partial charge in [0.1, 0.15) is 0 Å². The van der Waals surface area contributed by atoms with Crippen molar-refractivity contribution in [2.75, 3.05) is 0 Å². The predicted octanol–water partition coefficient (Wildman–Crippen LogP) is 3.69. The van der Waals surface area contributed by atoms with Gasteiger partial charge >= 0.3 is 0 Å². The Labute approximate surface area is 92.2 Å². The van der Waals surface area contributed by atoms with Gasteiger partial charge in [-0.2, -0.15) is 0 Å². The zero-order valence-electron chi connectivity index (χ0n) is 6.74. The van der Waals surface area contributed by atoms with Crippen LogP contribution in [0.1, 0.15) is 0 Å². The number of rotatable bonds is 0. The van der Waals surface area contributed by atoms with Crippen LogP contribution in [0.3, 0.4) is 0 Å². The lowest BCUT2D eigenvalue weighted by Crippen LogP contribution is -1.88. The third kappa shape index (κ3) is 7.20. The van der Waals surface area contributed by atoms with E-state index < -0.39 is 17.5 Å². The summed E-state index contributed by atoms with van der Waals surface area (Å²) in [4.78, 5) is -0.0450. The van der Waals surface area contributed by atoms with E-state index in [2.05, 4.69) is 12.6 Å². The summed E-state index contributed by atoms with van der Waals surface area (Å²) in [5.74, 6) is -3.97. The van der Waals surface area contributed by atoms with Gasteiger partial charge in [0.25, 0.3) is 0 Å². The van der Waals surface area contributed by atoms with E-state index in [4.69, 9.17) is 0 Å². The molecule has 0 fully saturated rings. The second-order valence-electron chi connectivity index (χ2n) is 1.70. The molecule has 1 rings (SSSR count). The quantitative estimate of drug-likeness (QED) is 0.502. The van der Waals surface area contributed by atoms with Gasteiger partial charge in [-0.05, 0) is 12.1 Å². The van der Waals surface area contributed by atoms with E-state index in [1.807, 2.05) is 0 Å². The molecule has 0 saturated carbocycles. The minimum absolute atomic E-state index is 0. The molecule has 0 aliphatic carbocycles. The normalized spacial score (nSPS) is 6.60. The molecule has 0 heterocycles. The zero-order chi connectivity index (χ0) is 7.72. The van der Waals surface area contributed by atoms with Crippen molar-refractivity contribution in [1.82, 2.24) is 0 Å². The van der Waals surface area contributed by atoms with Gasteiger partial charge in [0.2, 0.25) is 0 Å². The highest BCUT2D eigenvalue weighted by Crippen LogP contribution is 2.15. The van der Waals surface area contributed by atoms with Crippen molar-refractivity contribution in [3.05, 3.63) is 29.6 Å². The van der Waals surface area contributed by atoms with Crippen LogP contribution < -0.4 is 0 Å². The van der Waals surface area contributed by atoms with Crippen molar-refractivity contribution in [3.63, 3.8) is 0 Å². The van der Waals surface area contributed by atoms with Gasteiger partial charge in [0.15, 0.2) is 17.5 Å². The molecular formula is C6H7ClF7S. The highest BCUT2D eigenvalue weighted by atomic mass is 35.5. The van der Waals surface area contributed by atoms with E-state index in [1.54, 1.807) is 0 Å². The fraction of sp³-hybridized carbons (Fsp3) is 0. The van der Waals surface area contributed by atoms with Crippen LogP contribution in [0.25, 0.3) is 0 Å². The van der Waals surface area contributed by atoms with E-state index in [1.165, 1.54) is 0 Å². The van der Waals surface area contributed by atoms with Crippen molar-refractivity contribution in [2.45, 2.75) is 4.90 Å². The zero-order valence-corrected chi connectivity index (χ0v) is 8.37. The van der Waals surface area contributed by atoms with Crippen LogP contribution in [0.2, 0.25) is 0 Å². The number of hydrogen-bond acceptors (Lipinski definition) is 0. The van der Waals surface area contributed by atoms with Gasteiger partial charge in [-0.3, -0.25) is 18.8 Å². The maximum atomic E-state index is 12.2. The molecule has 1 aromatic rings. The average molecular weight is 280 g/mol. The minimum atomic E-state index is -1.48. The second-order valence-corrected chi connectivity index (χ2v) is 2.17. The smallest absolute Gasteiger partial charge is 0.194 e. The average Bonchev–Trinajstić information content (AvgIpc) is 1.82. The second kappa shape index (κ2) is 11.3.